The molecule has 1 amide bonds. The van der Waals surface area contributed by atoms with Crippen LogP contribution < -0.4 is 9.62 Å². The van der Waals surface area contributed by atoms with Crippen LogP contribution in [0.2, 0.25) is 5.02 Å². The number of esters is 1. The van der Waals surface area contributed by atoms with E-state index in [1.165, 1.54) is 22.7 Å². The fourth-order valence-electron chi connectivity index (χ4n) is 3.38. The molecule has 0 atom stereocenters. The van der Waals surface area contributed by atoms with Gasteiger partial charge in [-0.1, -0.05) is 29.8 Å². The first kappa shape index (κ1) is 26.2. The number of hydrogen-bond donors (Lipinski definition) is 1. The van der Waals surface area contributed by atoms with Gasteiger partial charge < -0.3 is 10.1 Å². The van der Waals surface area contributed by atoms with E-state index in [9.17, 15) is 18.0 Å². The third kappa shape index (κ3) is 6.61. The lowest BCUT2D eigenvalue weighted by Crippen LogP contribution is -2.29. The summed E-state index contributed by atoms with van der Waals surface area (Å²) in [7, 11) is -3.52. The molecule has 0 saturated heterocycles. The number of hydrogen-bond acceptors (Lipinski definition) is 5. The summed E-state index contributed by atoms with van der Waals surface area (Å²) in [4.78, 5) is 24.6. The van der Waals surface area contributed by atoms with Gasteiger partial charge in [-0.25, -0.2) is 13.2 Å². The maximum Gasteiger partial charge on any atom is 0.339 e. The van der Waals surface area contributed by atoms with Gasteiger partial charge in [0, 0.05) is 11.3 Å². The molecule has 184 valence electrons. The average Bonchev–Trinajstić information content (AvgIpc) is 2.79. The van der Waals surface area contributed by atoms with E-state index < -0.39 is 16.0 Å². The Morgan fingerprint density at radius 2 is 1.66 bits per heavy atom. The molecule has 35 heavy (non-hydrogen) atoms. The number of halogens is 1. The molecule has 9 heteroatoms. The standard InChI is InChI=1S/C26H27ClN2O5S/c1-5-34-26(31)23-13-11-21(15-24(23)27)28-25(30)20-9-7-19(8-10-20)16-29(35(4,32)33)22-12-6-17(2)18(3)14-22/h6-15H,5,16H2,1-4H3,(H,28,30). The summed E-state index contributed by atoms with van der Waals surface area (Å²) in [6, 6.07) is 16.7. The number of rotatable bonds is 8. The molecule has 3 aromatic rings. The summed E-state index contributed by atoms with van der Waals surface area (Å²) in [5.74, 6) is -0.902. The number of anilines is 2. The molecule has 0 bridgehead atoms. The Morgan fingerprint density at radius 3 is 2.23 bits per heavy atom. The summed E-state index contributed by atoms with van der Waals surface area (Å²) >= 11 is 6.16. The van der Waals surface area contributed by atoms with Crippen LogP contribution in [0.3, 0.4) is 0 Å². The zero-order valence-electron chi connectivity index (χ0n) is 20.0. The normalized spacial score (nSPS) is 11.1. The Balaban J connectivity index is 1.74. The molecule has 0 aliphatic carbocycles. The maximum atomic E-state index is 12.7. The quantitative estimate of drug-likeness (QED) is 0.409. The highest BCUT2D eigenvalue weighted by Crippen LogP contribution is 2.25. The van der Waals surface area contributed by atoms with Crippen LogP contribution in [0.5, 0.6) is 0 Å². The predicted molar refractivity (Wildman–Crippen MR) is 139 cm³/mol. The first-order valence-corrected chi connectivity index (χ1v) is 13.1. The third-order valence-electron chi connectivity index (χ3n) is 5.44. The fourth-order valence-corrected chi connectivity index (χ4v) is 4.52. The summed E-state index contributed by atoms with van der Waals surface area (Å²) < 4.78 is 31.2. The van der Waals surface area contributed by atoms with E-state index in [-0.39, 0.29) is 29.6 Å². The van der Waals surface area contributed by atoms with Crippen molar-refractivity contribution in [3.8, 4) is 0 Å². The van der Waals surface area contributed by atoms with Gasteiger partial charge >= 0.3 is 5.97 Å². The van der Waals surface area contributed by atoms with Crippen molar-refractivity contribution in [1.29, 1.82) is 0 Å². The van der Waals surface area contributed by atoms with Gasteiger partial charge in [0.25, 0.3) is 5.91 Å². The molecule has 0 radical (unpaired) electrons. The Labute approximate surface area is 210 Å². The lowest BCUT2D eigenvalue weighted by Gasteiger charge is -2.23. The van der Waals surface area contributed by atoms with Crippen LogP contribution in [0.25, 0.3) is 0 Å². The minimum atomic E-state index is -3.52. The van der Waals surface area contributed by atoms with E-state index in [1.54, 1.807) is 43.3 Å². The molecule has 0 aliphatic heterocycles. The molecule has 0 saturated carbocycles. The molecule has 0 aliphatic rings. The molecular weight excluding hydrogens is 488 g/mol. The molecule has 0 aromatic heterocycles. The van der Waals surface area contributed by atoms with E-state index in [0.29, 0.717) is 16.9 Å². The van der Waals surface area contributed by atoms with Crippen LogP contribution in [0.4, 0.5) is 11.4 Å². The number of benzene rings is 3. The largest absolute Gasteiger partial charge is 0.462 e. The number of aryl methyl sites for hydroxylation is 2. The van der Waals surface area contributed by atoms with Crippen molar-refractivity contribution < 1.29 is 22.7 Å². The van der Waals surface area contributed by atoms with Crippen LogP contribution in [0.1, 0.15) is 44.3 Å². The van der Waals surface area contributed by atoms with Crippen LogP contribution in [0, 0.1) is 13.8 Å². The minimum absolute atomic E-state index is 0.133. The number of carbonyl (C=O) groups is 2. The second-order valence-corrected chi connectivity index (χ2v) is 10.4. The smallest absolute Gasteiger partial charge is 0.339 e. The number of nitrogens with one attached hydrogen (secondary N) is 1. The fraction of sp³-hybridized carbons (Fsp3) is 0.231. The summed E-state index contributed by atoms with van der Waals surface area (Å²) in [6.07, 6.45) is 1.17. The van der Waals surface area contributed by atoms with Crippen LogP contribution in [-0.2, 0) is 21.3 Å². The highest BCUT2D eigenvalue weighted by molar-refractivity contribution is 7.92. The van der Waals surface area contributed by atoms with E-state index in [4.69, 9.17) is 16.3 Å². The molecule has 3 rings (SSSR count). The monoisotopic (exact) mass is 514 g/mol. The minimum Gasteiger partial charge on any atom is -0.462 e. The summed E-state index contributed by atoms with van der Waals surface area (Å²) in [5, 5.41) is 2.91. The van der Waals surface area contributed by atoms with Gasteiger partial charge in [0.2, 0.25) is 10.0 Å². The third-order valence-corrected chi connectivity index (χ3v) is 6.90. The number of ether oxygens (including phenoxy) is 1. The Hall–Kier alpha value is -3.36. The zero-order valence-corrected chi connectivity index (χ0v) is 21.5. The van der Waals surface area contributed by atoms with Crippen molar-refractivity contribution in [2.45, 2.75) is 27.3 Å². The number of amides is 1. The van der Waals surface area contributed by atoms with Gasteiger partial charge in [-0.15, -0.1) is 0 Å². The van der Waals surface area contributed by atoms with E-state index in [0.717, 1.165) is 16.7 Å². The first-order chi connectivity index (χ1) is 16.5. The van der Waals surface area contributed by atoms with Crippen molar-refractivity contribution in [2.24, 2.45) is 0 Å². The van der Waals surface area contributed by atoms with Gasteiger partial charge in [0.15, 0.2) is 0 Å². The van der Waals surface area contributed by atoms with Crippen molar-refractivity contribution in [3.63, 3.8) is 0 Å². The van der Waals surface area contributed by atoms with Crippen molar-refractivity contribution in [2.75, 3.05) is 22.5 Å². The topological polar surface area (TPSA) is 92.8 Å². The first-order valence-electron chi connectivity index (χ1n) is 10.9. The van der Waals surface area contributed by atoms with Crippen molar-refractivity contribution in [1.82, 2.24) is 0 Å². The second-order valence-electron chi connectivity index (χ2n) is 8.10. The van der Waals surface area contributed by atoms with E-state index in [2.05, 4.69) is 5.32 Å². The predicted octanol–water partition coefficient (Wildman–Crippen LogP) is 5.35. The Morgan fingerprint density at radius 1 is 0.971 bits per heavy atom. The number of sulfonamides is 1. The lowest BCUT2D eigenvalue weighted by atomic mass is 10.1. The zero-order chi connectivity index (χ0) is 25.8. The molecule has 0 heterocycles. The lowest BCUT2D eigenvalue weighted by molar-refractivity contribution is 0.0526. The summed E-state index contributed by atoms with van der Waals surface area (Å²) in [6.45, 7) is 5.97. The Kier molecular flexibility index (Phi) is 8.19. The number of carbonyl (C=O) groups excluding carboxylic acids is 2. The molecular formula is C26H27ClN2O5S. The van der Waals surface area contributed by atoms with Crippen LogP contribution in [-0.4, -0.2) is 33.2 Å². The second kappa shape index (κ2) is 10.9. The van der Waals surface area contributed by atoms with Gasteiger partial charge in [-0.3, -0.25) is 9.10 Å². The van der Waals surface area contributed by atoms with Crippen molar-refractivity contribution in [3.05, 3.63) is 93.5 Å². The average molecular weight is 515 g/mol. The van der Waals surface area contributed by atoms with E-state index >= 15 is 0 Å². The van der Waals surface area contributed by atoms with Crippen LogP contribution >= 0.6 is 11.6 Å². The van der Waals surface area contributed by atoms with E-state index in [1.807, 2.05) is 26.0 Å². The van der Waals surface area contributed by atoms with Gasteiger partial charge in [0.1, 0.15) is 0 Å². The van der Waals surface area contributed by atoms with Gasteiger partial charge in [0.05, 0.1) is 35.7 Å². The molecule has 0 unspecified atom stereocenters. The summed E-state index contributed by atoms with van der Waals surface area (Å²) in [5.41, 5.74) is 4.42. The molecule has 7 nitrogen and oxygen atoms in total. The van der Waals surface area contributed by atoms with Crippen molar-refractivity contribution >= 4 is 44.9 Å². The molecule has 0 fully saturated rings. The van der Waals surface area contributed by atoms with Gasteiger partial charge in [-0.2, -0.15) is 0 Å². The molecule has 0 spiro atoms. The molecule has 3 aromatic carbocycles. The highest BCUT2D eigenvalue weighted by atomic mass is 35.5. The van der Waals surface area contributed by atoms with Gasteiger partial charge in [-0.05, 0) is 79.9 Å². The molecule has 1 N–H and O–H groups in total. The highest BCUT2D eigenvalue weighted by Gasteiger charge is 2.19. The Bertz CT molecular complexity index is 1350. The SMILES string of the molecule is CCOC(=O)c1ccc(NC(=O)c2ccc(CN(c3ccc(C)c(C)c3)S(C)(=O)=O)cc2)cc1Cl. The maximum absolute atomic E-state index is 12.7. The number of nitrogens with zero attached hydrogens (tertiary/aromatic N) is 1. The van der Waals surface area contributed by atoms with Crippen LogP contribution in [0.15, 0.2) is 60.7 Å².